The van der Waals surface area contributed by atoms with E-state index in [1.807, 2.05) is 13.8 Å². The average Bonchev–Trinajstić information content (AvgIpc) is 3.13. The molecule has 3 N–H and O–H groups in total. The molecule has 0 aliphatic carbocycles. The van der Waals surface area contributed by atoms with E-state index in [4.69, 9.17) is 21.1 Å². The molecule has 2 amide bonds. The Kier molecular flexibility index (Phi) is 6.71. The number of hydrogen-bond donors (Lipinski definition) is 3. The van der Waals surface area contributed by atoms with Crippen molar-refractivity contribution in [1.29, 1.82) is 0 Å². The van der Waals surface area contributed by atoms with Gasteiger partial charge in [0.25, 0.3) is 11.8 Å². The number of ether oxygens (including phenoxy) is 2. The monoisotopic (exact) mass is 365 g/mol. The molecule has 0 fully saturated rings. The van der Waals surface area contributed by atoms with Gasteiger partial charge >= 0.3 is 0 Å². The second-order valence-corrected chi connectivity index (χ2v) is 5.47. The molecule has 0 radical (unpaired) electrons. The summed E-state index contributed by atoms with van der Waals surface area (Å²) in [6.45, 7) is 4.68. The molecule has 0 aliphatic heterocycles. The van der Waals surface area contributed by atoms with Crippen molar-refractivity contribution in [2.45, 2.75) is 20.3 Å². The summed E-state index contributed by atoms with van der Waals surface area (Å²) < 4.78 is 11.1. The van der Waals surface area contributed by atoms with Crippen LogP contribution in [0, 0.1) is 0 Å². The second-order valence-electron chi connectivity index (χ2n) is 5.06. The van der Waals surface area contributed by atoms with Crippen molar-refractivity contribution >= 4 is 23.4 Å². The van der Waals surface area contributed by atoms with Crippen LogP contribution in [0.15, 0.2) is 30.5 Å². The van der Waals surface area contributed by atoms with Crippen molar-refractivity contribution in [3.63, 3.8) is 0 Å². The van der Waals surface area contributed by atoms with E-state index in [1.54, 1.807) is 18.3 Å². The first kappa shape index (κ1) is 18.7. The van der Waals surface area contributed by atoms with Crippen LogP contribution in [0.2, 0.25) is 5.02 Å². The fraction of sp³-hybridized carbons (Fsp3) is 0.294. The van der Waals surface area contributed by atoms with Crippen molar-refractivity contribution in [1.82, 2.24) is 15.8 Å². The third-order valence-corrected chi connectivity index (χ3v) is 3.43. The van der Waals surface area contributed by atoms with Gasteiger partial charge in [0.15, 0.2) is 11.5 Å². The van der Waals surface area contributed by atoms with Crippen molar-refractivity contribution in [2.75, 3.05) is 13.2 Å². The van der Waals surface area contributed by atoms with Crippen molar-refractivity contribution in [3.8, 4) is 11.5 Å². The summed E-state index contributed by atoms with van der Waals surface area (Å²) in [6.07, 6.45) is 2.43. The van der Waals surface area contributed by atoms with Gasteiger partial charge in [-0.05, 0) is 37.6 Å². The minimum Gasteiger partial charge on any atom is -0.490 e. The lowest BCUT2D eigenvalue weighted by Crippen LogP contribution is -2.41. The number of hydrazine groups is 1. The Bertz CT molecular complexity index is 732. The minimum absolute atomic E-state index is 0.240. The molecule has 0 atom stereocenters. The van der Waals surface area contributed by atoms with Gasteiger partial charge in [-0.3, -0.25) is 20.4 Å². The quantitative estimate of drug-likeness (QED) is 0.658. The number of H-pyrrole nitrogens is 1. The molecular weight excluding hydrogens is 346 g/mol. The van der Waals surface area contributed by atoms with Crippen LogP contribution >= 0.6 is 11.6 Å². The Labute approximate surface area is 150 Å². The van der Waals surface area contributed by atoms with Gasteiger partial charge in [0, 0.05) is 11.8 Å². The Balaban J connectivity index is 2.11. The summed E-state index contributed by atoms with van der Waals surface area (Å²) in [5, 5.41) is 0.264. The highest BCUT2D eigenvalue weighted by molar-refractivity contribution is 6.32. The number of rotatable bonds is 7. The van der Waals surface area contributed by atoms with Gasteiger partial charge in [-0.15, -0.1) is 0 Å². The minimum atomic E-state index is -0.523. The molecule has 2 aromatic rings. The van der Waals surface area contributed by atoms with Crippen LogP contribution < -0.4 is 20.3 Å². The zero-order valence-electron chi connectivity index (χ0n) is 14.0. The molecule has 0 spiro atoms. The second kappa shape index (κ2) is 8.98. The Morgan fingerprint density at radius 1 is 1.16 bits per heavy atom. The van der Waals surface area contributed by atoms with Gasteiger partial charge in [0.2, 0.25) is 0 Å². The van der Waals surface area contributed by atoms with Gasteiger partial charge in [0.05, 0.1) is 18.2 Å². The van der Waals surface area contributed by atoms with Crippen LogP contribution in [0.4, 0.5) is 0 Å². The third-order valence-electron chi connectivity index (χ3n) is 3.15. The number of halogens is 1. The number of benzene rings is 1. The lowest BCUT2D eigenvalue weighted by molar-refractivity contribution is 0.0844. The average molecular weight is 366 g/mol. The van der Waals surface area contributed by atoms with Crippen LogP contribution in [-0.4, -0.2) is 30.0 Å². The summed E-state index contributed by atoms with van der Waals surface area (Å²) in [5.41, 5.74) is 5.22. The Morgan fingerprint density at radius 2 is 1.92 bits per heavy atom. The van der Waals surface area contributed by atoms with Crippen LogP contribution in [0.3, 0.4) is 0 Å². The maximum Gasteiger partial charge on any atom is 0.286 e. The number of aromatic nitrogens is 1. The lowest BCUT2D eigenvalue weighted by Gasteiger charge is -2.15. The molecule has 0 saturated heterocycles. The van der Waals surface area contributed by atoms with Crippen LogP contribution in [0.25, 0.3) is 0 Å². The normalized spacial score (nSPS) is 10.2. The Hall–Kier alpha value is -2.67. The topological polar surface area (TPSA) is 92.5 Å². The molecule has 2 rings (SSSR count). The van der Waals surface area contributed by atoms with Crippen molar-refractivity contribution in [3.05, 3.63) is 46.7 Å². The number of carbonyl (C=O) groups is 2. The zero-order chi connectivity index (χ0) is 18.2. The highest BCUT2D eigenvalue weighted by Gasteiger charge is 2.17. The molecule has 7 nitrogen and oxygen atoms in total. The molecule has 1 aromatic heterocycles. The smallest absolute Gasteiger partial charge is 0.286 e. The van der Waals surface area contributed by atoms with Crippen molar-refractivity contribution < 1.29 is 19.1 Å². The first-order valence-electron chi connectivity index (χ1n) is 7.90. The summed E-state index contributed by atoms with van der Waals surface area (Å²) in [6, 6.07) is 6.26. The molecule has 0 aliphatic rings. The number of hydrogen-bond acceptors (Lipinski definition) is 4. The first-order valence-corrected chi connectivity index (χ1v) is 8.27. The van der Waals surface area contributed by atoms with E-state index < -0.39 is 11.8 Å². The molecule has 0 bridgehead atoms. The van der Waals surface area contributed by atoms with E-state index in [9.17, 15) is 9.59 Å². The Morgan fingerprint density at radius 3 is 2.56 bits per heavy atom. The maximum absolute atomic E-state index is 12.3. The lowest BCUT2D eigenvalue weighted by atomic mass is 10.2. The van der Waals surface area contributed by atoms with Crippen LogP contribution in [0.1, 0.15) is 41.1 Å². The van der Waals surface area contributed by atoms with E-state index in [2.05, 4.69) is 15.8 Å². The van der Waals surface area contributed by atoms with E-state index in [-0.39, 0.29) is 10.6 Å². The molecule has 0 unspecified atom stereocenters. The maximum atomic E-state index is 12.3. The van der Waals surface area contributed by atoms with E-state index in [1.165, 1.54) is 12.1 Å². The molecule has 0 saturated carbocycles. The molecule has 8 heteroatoms. The zero-order valence-corrected chi connectivity index (χ0v) is 14.8. The van der Waals surface area contributed by atoms with E-state index in [0.717, 1.165) is 6.42 Å². The predicted octanol–water partition coefficient (Wildman–Crippen LogP) is 2.93. The van der Waals surface area contributed by atoms with Gasteiger partial charge in [0.1, 0.15) is 5.69 Å². The summed E-state index contributed by atoms with van der Waals surface area (Å²) in [7, 11) is 0. The van der Waals surface area contributed by atoms with Crippen molar-refractivity contribution in [2.24, 2.45) is 0 Å². The van der Waals surface area contributed by atoms with Gasteiger partial charge in [-0.25, -0.2) is 0 Å². The number of nitrogens with one attached hydrogen (secondary N) is 3. The number of aromatic amines is 1. The summed E-state index contributed by atoms with van der Waals surface area (Å²) in [4.78, 5) is 26.8. The predicted molar refractivity (Wildman–Crippen MR) is 94.1 cm³/mol. The first-order chi connectivity index (χ1) is 12.1. The number of carbonyl (C=O) groups excluding carboxylic acids is 2. The van der Waals surface area contributed by atoms with Crippen LogP contribution in [0.5, 0.6) is 11.5 Å². The summed E-state index contributed by atoms with van der Waals surface area (Å²) >= 11 is 6.22. The highest BCUT2D eigenvalue weighted by atomic mass is 35.5. The van der Waals surface area contributed by atoms with Gasteiger partial charge in [-0.1, -0.05) is 18.5 Å². The fourth-order valence-electron chi connectivity index (χ4n) is 2.03. The molecule has 25 heavy (non-hydrogen) atoms. The fourth-order valence-corrected chi connectivity index (χ4v) is 2.30. The molecule has 1 heterocycles. The molecular formula is C17H20ClN3O4. The van der Waals surface area contributed by atoms with Gasteiger partial charge in [-0.2, -0.15) is 0 Å². The largest absolute Gasteiger partial charge is 0.490 e. The molecule has 1 aromatic carbocycles. The number of amides is 2. The van der Waals surface area contributed by atoms with E-state index in [0.29, 0.717) is 30.4 Å². The summed E-state index contributed by atoms with van der Waals surface area (Å²) in [5.74, 6) is -0.205. The molecule has 134 valence electrons. The highest BCUT2D eigenvalue weighted by Crippen LogP contribution is 2.36. The van der Waals surface area contributed by atoms with E-state index >= 15 is 0 Å². The third kappa shape index (κ3) is 4.90. The van der Waals surface area contributed by atoms with Gasteiger partial charge < -0.3 is 14.5 Å². The van der Waals surface area contributed by atoms with Crippen LogP contribution in [-0.2, 0) is 0 Å². The SMILES string of the molecule is CCCOc1c(Cl)cc(C(=O)NNC(=O)c2ccc[nH]2)cc1OCC. The standard InChI is InChI=1S/C17H20ClN3O4/c1-3-8-25-15-12(18)9-11(10-14(15)24-4-2)16(22)20-21-17(23)13-6-5-7-19-13/h5-7,9-10,19H,3-4,8H2,1-2H3,(H,20,22)(H,21,23).